The summed E-state index contributed by atoms with van der Waals surface area (Å²) < 4.78 is 28.0. The van der Waals surface area contributed by atoms with Crippen molar-refractivity contribution < 1.29 is 13.9 Å². The van der Waals surface area contributed by atoms with Crippen molar-refractivity contribution in [2.24, 2.45) is 7.05 Å². The van der Waals surface area contributed by atoms with Gasteiger partial charge in [-0.1, -0.05) is 6.08 Å². The van der Waals surface area contributed by atoms with Gasteiger partial charge in [0.15, 0.2) is 21.9 Å². The van der Waals surface area contributed by atoms with Crippen LogP contribution in [0, 0.1) is 11.7 Å². The zero-order chi connectivity index (χ0) is 19.8. The number of imidazole rings is 1. The van der Waals surface area contributed by atoms with E-state index in [1.165, 1.54) is 0 Å². The number of anilines is 2. The molecule has 0 saturated heterocycles. The van der Waals surface area contributed by atoms with E-state index in [0.29, 0.717) is 22.1 Å². The molecular weight excluding hydrogens is 381 g/mol. The van der Waals surface area contributed by atoms with Crippen LogP contribution in [-0.4, -0.2) is 32.6 Å². The zero-order valence-electron chi connectivity index (χ0n) is 15.8. The number of hydrogen-bond donors (Lipinski definition) is 1. The fourth-order valence-corrected chi connectivity index (χ4v) is 3.51. The van der Waals surface area contributed by atoms with Crippen molar-refractivity contribution in [1.82, 2.24) is 19.1 Å². The predicted octanol–water partition coefficient (Wildman–Crippen LogP) is 4.50. The lowest BCUT2D eigenvalue weighted by atomic mass is 10.2. The van der Waals surface area contributed by atoms with E-state index in [1.54, 1.807) is 10.8 Å². The number of hydrogen-bond acceptors (Lipinski definition) is 6. The molecule has 0 aliphatic carbocycles. The Bertz CT molecular complexity index is 1150. The number of benzene rings is 1. The minimum atomic E-state index is -0.468. The molecule has 1 aromatic carbocycles. The number of fused-ring (bicyclic) bond motifs is 2. The summed E-state index contributed by atoms with van der Waals surface area (Å²) in [5, 5.41) is 3.23. The molecule has 1 aliphatic rings. The highest BCUT2D eigenvalue weighted by Crippen LogP contribution is 2.37. The molecule has 9 heteroatoms. The van der Waals surface area contributed by atoms with Gasteiger partial charge in [-0.3, -0.25) is 8.96 Å². The lowest BCUT2D eigenvalue weighted by molar-refractivity contribution is 0.174. The summed E-state index contributed by atoms with van der Waals surface area (Å²) in [4.78, 5) is 9.07. The number of nitrogens with one attached hydrogen (secondary N) is 1. The van der Waals surface area contributed by atoms with Gasteiger partial charge in [-0.05, 0) is 37.7 Å². The fourth-order valence-electron chi connectivity index (χ4n) is 3.21. The van der Waals surface area contributed by atoms with E-state index < -0.39 is 6.67 Å². The van der Waals surface area contributed by atoms with E-state index in [-0.39, 0.29) is 13.2 Å². The quantitative estimate of drug-likeness (QED) is 0.635. The summed E-state index contributed by atoms with van der Waals surface area (Å²) in [5.41, 5.74) is 3.97. The van der Waals surface area contributed by atoms with Crippen molar-refractivity contribution in [3.63, 3.8) is 0 Å². The molecule has 4 rings (SSSR count). The molecule has 3 aromatic rings. The van der Waals surface area contributed by atoms with Crippen LogP contribution in [0.1, 0.15) is 18.9 Å². The van der Waals surface area contributed by atoms with Crippen LogP contribution in [-0.2, 0) is 7.05 Å². The Morgan fingerprint density at radius 3 is 2.82 bits per heavy atom. The Balaban J connectivity index is 1.79. The van der Waals surface area contributed by atoms with Gasteiger partial charge < -0.3 is 19.4 Å². The zero-order valence-corrected chi connectivity index (χ0v) is 16.6. The van der Waals surface area contributed by atoms with Gasteiger partial charge in [0.1, 0.15) is 5.52 Å². The number of nitrogens with zero attached hydrogens (tertiary/aromatic N) is 4. The first-order chi connectivity index (χ1) is 13.5. The number of allylic oxidation sites excluding steroid dienone is 2. The third-order valence-corrected chi connectivity index (χ3v) is 5.19. The van der Waals surface area contributed by atoms with Crippen molar-refractivity contribution >= 4 is 40.7 Å². The summed E-state index contributed by atoms with van der Waals surface area (Å²) in [7, 11) is 1.85. The van der Waals surface area contributed by atoms with Crippen LogP contribution in [0.25, 0.3) is 16.9 Å². The molecule has 7 nitrogen and oxygen atoms in total. The van der Waals surface area contributed by atoms with Crippen LogP contribution in [0.2, 0.25) is 0 Å². The summed E-state index contributed by atoms with van der Waals surface area (Å²) in [5.74, 6) is 1.82. The lowest BCUT2D eigenvalue weighted by Crippen LogP contribution is -2.03. The van der Waals surface area contributed by atoms with Crippen LogP contribution >= 0.6 is 12.2 Å². The highest BCUT2D eigenvalue weighted by molar-refractivity contribution is 7.71. The second kappa shape index (κ2) is 7.23. The smallest absolute Gasteiger partial charge is 0.231 e. The number of halogens is 1. The van der Waals surface area contributed by atoms with Crippen LogP contribution in [0.4, 0.5) is 16.0 Å². The Labute approximate surface area is 166 Å². The first kappa shape index (κ1) is 18.4. The Hall–Kier alpha value is -2.94. The number of aryl methyl sites for hydroxylation is 2. The van der Waals surface area contributed by atoms with Crippen LogP contribution in [0.3, 0.4) is 0 Å². The summed E-state index contributed by atoms with van der Waals surface area (Å²) in [6, 6.07) is 3.77. The van der Waals surface area contributed by atoms with Gasteiger partial charge in [-0.25, -0.2) is 4.98 Å². The monoisotopic (exact) mass is 401 g/mol. The Morgan fingerprint density at radius 2 is 2.11 bits per heavy atom. The largest absolute Gasteiger partial charge is 0.454 e. The highest BCUT2D eigenvalue weighted by atomic mass is 32.1. The van der Waals surface area contributed by atoms with E-state index in [0.717, 1.165) is 28.2 Å². The number of ether oxygens (including phenoxy) is 2. The molecule has 0 spiro atoms. The number of aromatic nitrogens is 4. The molecule has 0 atom stereocenters. The fraction of sp³-hybridized carbons (Fsp3) is 0.316. The van der Waals surface area contributed by atoms with Crippen LogP contribution in [0.5, 0.6) is 11.5 Å². The maximum atomic E-state index is 13.0. The average molecular weight is 401 g/mol. The van der Waals surface area contributed by atoms with Gasteiger partial charge in [0.2, 0.25) is 12.7 Å². The second-order valence-corrected chi connectivity index (χ2v) is 6.81. The van der Waals surface area contributed by atoms with Crippen molar-refractivity contribution in [2.45, 2.75) is 20.3 Å². The van der Waals surface area contributed by atoms with Gasteiger partial charge in [-0.2, -0.15) is 4.98 Å². The second-order valence-electron chi connectivity index (χ2n) is 6.44. The van der Waals surface area contributed by atoms with Gasteiger partial charge in [0, 0.05) is 30.9 Å². The van der Waals surface area contributed by atoms with E-state index in [9.17, 15) is 4.39 Å². The van der Waals surface area contributed by atoms with Crippen molar-refractivity contribution in [2.75, 3.05) is 18.8 Å². The molecule has 3 heterocycles. The third kappa shape index (κ3) is 3.01. The van der Waals surface area contributed by atoms with Gasteiger partial charge in [-0.15, -0.1) is 0 Å². The molecule has 28 heavy (non-hydrogen) atoms. The summed E-state index contributed by atoms with van der Waals surface area (Å²) >= 11 is 5.54. The molecule has 0 saturated carbocycles. The maximum Gasteiger partial charge on any atom is 0.231 e. The predicted molar refractivity (Wildman–Crippen MR) is 108 cm³/mol. The van der Waals surface area contributed by atoms with E-state index in [1.807, 2.05) is 43.7 Å². The SMILES string of the molecule is C/C=C(\CCF)n1c(=S)n(C)c2cnc(Nc3cc4c(cc3C)OCO4)nc21. The first-order valence-corrected chi connectivity index (χ1v) is 9.27. The molecule has 0 bridgehead atoms. The topological polar surface area (TPSA) is 66.1 Å². The van der Waals surface area contributed by atoms with Crippen molar-refractivity contribution in [3.05, 3.63) is 34.7 Å². The molecular formula is C19H20FN5O2S. The maximum absolute atomic E-state index is 13.0. The lowest BCUT2D eigenvalue weighted by Gasteiger charge is -2.10. The average Bonchev–Trinajstić information content (AvgIpc) is 3.23. The van der Waals surface area contributed by atoms with Gasteiger partial charge >= 0.3 is 0 Å². The molecule has 0 fully saturated rings. The van der Waals surface area contributed by atoms with E-state index >= 15 is 0 Å². The molecule has 2 aromatic heterocycles. The molecule has 146 valence electrons. The van der Waals surface area contributed by atoms with E-state index in [4.69, 9.17) is 21.7 Å². The minimum absolute atomic E-state index is 0.215. The molecule has 0 unspecified atom stereocenters. The van der Waals surface area contributed by atoms with Gasteiger partial charge in [0.05, 0.1) is 12.9 Å². The molecule has 0 radical (unpaired) electrons. The Morgan fingerprint density at radius 1 is 1.36 bits per heavy atom. The van der Waals surface area contributed by atoms with Crippen molar-refractivity contribution in [3.8, 4) is 11.5 Å². The highest BCUT2D eigenvalue weighted by Gasteiger charge is 2.18. The third-order valence-electron chi connectivity index (χ3n) is 4.74. The van der Waals surface area contributed by atoms with Crippen molar-refractivity contribution in [1.29, 1.82) is 0 Å². The minimum Gasteiger partial charge on any atom is -0.454 e. The van der Waals surface area contributed by atoms with E-state index in [2.05, 4.69) is 15.3 Å². The summed E-state index contributed by atoms with van der Waals surface area (Å²) in [6.45, 7) is 3.57. The molecule has 1 aliphatic heterocycles. The first-order valence-electron chi connectivity index (χ1n) is 8.86. The standard InChI is InChI=1S/C19H20FN5O2S/c1-4-12(5-6-20)25-17-14(24(3)19(25)28)9-21-18(23-17)22-13-8-16-15(7-11(13)2)26-10-27-16/h4,7-9H,5-6,10H2,1-3H3,(H,21,22,23)/b12-4+. The Kier molecular flexibility index (Phi) is 4.76. The molecule has 1 N–H and O–H groups in total. The van der Waals surface area contributed by atoms with Gasteiger partial charge in [0.25, 0.3) is 0 Å². The number of alkyl halides is 1. The van der Waals surface area contributed by atoms with Crippen LogP contribution in [0.15, 0.2) is 24.4 Å². The number of rotatable bonds is 5. The molecule has 0 amide bonds. The summed E-state index contributed by atoms with van der Waals surface area (Å²) in [6.07, 6.45) is 3.83. The van der Waals surface area contributed by atoms with Crippen LogP contribution < -0.4 is 14.8 Å². The normalized spacial score (nSPS) is 13.4.